The van der Waals surface area contributed by atoms with Gasteiger partial charge in [0.1, 0.15) is 0 Å². The van der Waals surface area contributed by atoms with Crippen molar-refractivity contribution in [2.24, 2.45) is 0 Å². The highest BCUT2D eigenvalue weighted by atomic mass is 14.8. The molecule has 1 atom stereocenters. The van der Waals surface area contributed by atoms with Crippen molar-refractivity contribution in [2.75, 3.05) is 13.6 Å². The molecule has 0 aromatic heterocycles. The number of likely N-dealkylation sites (N-methyl/N-ethyl adjacent to an activating group) is 1. The Bertz CT molecular complexity index is 532. The summed E-state index contributed by atoms with van der Waals surface area (Å²) in [6.45, 7) is 5.46. The third-order valence-electron chi connectivity index (χ3n) is 4.20. The van der Waals surface area contributed by atoms with Gasteiger partial charge < -0.3 is 5.32 Å². The quantitative estimate of drug-likeness (QED) is 0.830. The van der Waals surface area contributed by atoms with Crippen molar-refractivity contribution >= 4 is 0 Å². The smallest absolute Gasteiger partial charge is 0.0115 e. The summed E-state index contributed by atoms with van der Waals surface area (Å²) in [5, 5.41) is 3.39. The first-order valence-electron chi connectivity index (χ1n) is 7.46. The van der Waals surface area contributed by atoms with Crippen molar-refractivity contribution in [3.8, 4) is 0 Å². The summed E-state index contributed by atoms with van der Waals surface area (Å²) in [6, 6.07) is 19.8. The molecule has 1 nitrogen and oxygen atoms in total. The van der Waals surface area contributed by atoms with Gasteiger partial charge >= 0.3 is 0 Å². The zero-order chi connectivity index (χ0) is 14.4. The van der Waals surface area contributed by atoms with Crippen LogP contribution >= 0.6 is 0 Å². The second kappa shape index (κ2) is 6.71. The van der Waals surface area contributed by atoms with E-state index in [1.807, 2.05) is 7.05 Å². The Labute approximate surface area is 123 Å². The molecular formula is C19H25N. The van der Waals surface area contributed by atoms with Crippen molar-refractivity contribution in [3.63, 3.8) is 0 Å². The number of nitrogens with one attached hydrogen (secondary N) is 1. The van der Waals surface area contributed by atoms with Crippen LogP contribution in [0.15, 0.2) is 54.6 Å². The van der Waals surface area contributed by atoms with E-state index in [-0.39, 0.29) is 5.41 Å². The molecule has 2 aromatic carbocycles. The minimum absolute atomic E-state index is 0.170. The van der Waals surface area contributed by atoms with Crippen LogP contribution in [0.4, 0.5) is 0 Å². The van der Waals surface area contributed by atoms with Crippen LogP contribution in [0, 0.1) is 6.92 Å². The van der Waals surface area contributed by atoms with Crippen molar-refractivity contribution < 1.29 is 0 Å². The molecule has 0 saturated carbocycles. The Hall–Kier alpha value is -1.60. The van der Waals surface area contributed by atoms with Crippen LogP contribution in [0.2, 0.25) is 0 Å². The topological polar surface area (TPSA) is 12.0 Å². The normalized spacial score (nSPS) is 13.9. The molecule has 0 aliphatic rings. The maximum absolute atomic E-state index is 3.39. The molecule has 0 fully saturated rings. The van der Waals surface area contributed by atoms with Gasteiger partial charge in [-0.15, -0.1) is 0 Å². The van der Waals surface area contributed by atoms with Gasteiger partial charge in [0.25, 0.3) is 0 Å². The number of benzene rings is 2. The van der Waals surface area contributed by atoms with E-state index in [9.17, 15) is 0 Å². The Balaban J connectivity index is 2.37. The fourth-order valence-electron chi connectivity index (χ4n) is 3.06. The van der Waals surface area contributed by atoms with E-state index < -0.39 is 0 Å². The lowest BCUT2D eigenvalue weighted by molar-refractivity contribution is 0.391. The second-order valence-corrected chi connectivity index (χ2v) is 5.70. The van der Waals surface area contributed by atoms with Crippen LogP contribution in [-0.4, -0.2) is 13.6 Å². The van der Waals surface area contributed by atoms with Crippen molar-refractivity contribution in [3.05, 3.63) is 71.3 Å². The third-order valence-corrected chi connectivity index (χ3v) is 4.20. The van der Waals surface area contributed by atoms with E-state index in [2.05, 4.69) is 73.8 Å². The molecule has 1 N–H and O–H groups in total. The molecule has 106 valence electrons. The van der Waals surface area contributed by atoms with Crippen LogP contribution in [0.1, 0.15) is 30.0 Å². The molecule has 2 rings (SSSR count). The number of hydrogen-bond acceptors (Lipinski definition) is 1. The predicted molar refractivity (Wildman–Crippen MR) is 87.2 cm³/mol. The van der Waals surface area contributed by atoms with Crippen molar-refractivity contribution in [1.29, 1.82) is 0 Å². The zero-order valence-corrected chi connectivity index (χ0v) is 12.8. The number of aryl methyl sites for hydroxylation is 1. The minimum atomic E-state index is 0.170. The maximum atomic E-state index is 3.39. The highest BCUT2D eigenvalue weighted by Crippen LogP contribution is 2.31. The summed E-state index contributed by atoms with van der Waals surface area (Å²) in [4.78, 5) is 0. The lowest BCUT2D eigenvalue weighted by atomic mass is 9.73. The van der Waals surface area contributed by atoms with Gasteiger partial charge in [0.2, 0.25) is 0 Å². The molecular weight excluding hydrogens is 242 g/mol. The van der Waals surface area contributed by atoms with Gasteiger partial charge in [0.15, 0.2) is 0 Å². The highest BCUT2D eigenvalue weighted by Gasteiger charge is 2.29. The monoisotopic (exact) mass is 267 g/mol. The molecule has 0 amide bonds. The van der Waals surface area contributed by atoms with Gasteiger partial charge in [-0.25, -0.2) is 0 Å². The van der Waals surface area contributed by atoms with Gasteiger partial charge in [0.05, 0.1) is 0 Å². The first kappa shape index (κ1) is 14.8. The van der Waals surface area contributed by atoms with Crippen molar-refractivity contribution in [1.82, 2.24) is 5.32 Å². The van der Waals surface area contributed by atoms with Gasteiger partial charge in [-0.3, -0.25) is 0 Å². The zero-order valence-electron chi connectivity index (χ0n) is 12.8. The Morgan fingerprint density at radius 2 is 1.75 bits per heavy atom. The van der Waals surface area contributed by atoms with Crippen LogP contribution in [0.3, 0.4) is 0 Å². The van der Waals surface area contributed by atoms with Crippen LogP contribution in [0.5, 0.6) is 0 Å². The van der Waals surface area contributed by atoms with Crippen LogP contribution < -0.4 is 5.32 Å². The fourth-order valence-corrected chi connectivity index (χ4v) is 3.06. The number of rotatable bonds is 6. The standard InChI is InChI=1S/C19H25N/c1-4-19(15-20-3,18-11-6-5-7-12-18)14-17-10-8-9-16(2)13-17/h5-13,20H,4,14-15H2,1-3H3. The van der Waals surface area contributed by atoms with E-state index in [1.54, 1.807) is 0 Å². The molecule has 1 heteroatoms. The van der Waals surface area contributed by atoms with Gasteiger partial charge in [0, 0.05) is 12.0 Å². The first-order valence-corrected chi connectivity index (χ1v) is 7.46. The van der Waals surface area contributed by atoms with E-state index in [0.29, 0.717) is 0 Å². The van der Waals surface area contributed by atoms with Crippen LogP contribution in [-0.2, 0) is 11.8 Å². The average molecular weight is 267 g/mol. The molecule has 1 unspecified atom stereocenters. The third kappa shape index (κ3) is 3.29. The Morgan fingerprint density at radius 3 is 2.35 bits per heavy atom. The lowest BCUT2D eigenvalue weighted by Crippen LogP contribution is -2.38. The van der Waals surface area contributed by atoms with E-state index >= 15 is 0 Å². The predicted octanol–water partition coefficient (Wildman–Crippen LogP) is 4.10. The highest BCUT2D eigenvalue weighted by molar-refractivity contribution is 5.31. The Morgan fingerprint density at radius 1 is 1.00 bits per heavy atom. The molecule has 20 heavy (non-hydrogen) atoms. The summed E-state index contributed by atoms with van der Waals surface area (Å²) in [5.41, 5.74) is 4.36. The maximum Gasteiger partial charge on any atom is 0.0115 e. The number of hydrogen-bond donors (Lipinski definition) is 1. The molecule has 2 aromatic rings. The molecule has 0 heterocycles. The molecule has 0 radical (unpaired) electrons. The molecule has 0 spiro atoms. The van der Waals surface area contributed by atoms with Gasteiger partial charge in [-0.2, -0.15) is 0 Å². The van der Waals surface area contributed by atoms with Gasteiger partial charge in [-0.1, -0.05) is 67.1 Å². The molecule has 0 saturated heterocycles. The average Bonchev–Trinajstić information content (AvgIpc) is 2.48. The minimum Gasteiger partial charge on any atom is -0.319 e. The van der Waals surface area contributed by atoms with Gasteiger partial charge in [-0.05, 0) is 37.9 Å². The first-order chi connectivity index (χ1) is 9.70. The van der Waals surface area contributed by atoms with E-state index in [4.69, 9.17) is 0 Å². The fraction of sp³-hybridized carbons (Fsp3) is 0.368. The molecule has 0 aliphatic carbocycles. The van der Waals surface area contributed by atoms with E-state index in [0.717, 1.165) is 19.4 Å². The summed E-state index contributed by atoms with van der Waals surface area (Å²) in [5.74, 6) is 0. The lowest BCUT2D eigenvalue weighted by Gasteiger charge is -2.34. The summed E-state index contributed by atoms with van der Waals surface area (Å²) >= 11 is 0. The summed E-state index contributed by atoms with van der Waals surface area (Å²) < 4.78 is 0. The van der Waals surface area contributed by atoms with Crippen molar-refractivity contribution in [2.45, 2.75) is 32.1 Å². The summed E-state index contributed by atoms with van der Waals surface area (Å²) in [6.07, 6.45) is 2.21. The van der Waals surface area contributed by atoms with Crippen LogP contribution in [0.25, 0.3) is 0 Å². The molecule has 0 aliphatic heterocycles. The molecule has 0 bridgehead atoms. The summed E-state index contributed by atoms with van der Waals surface area (Å²) in [7, 11) is 2.05. The SMILES string of the molecule is CCC(CNC)(Cc1cccc(C)c1)c1ccccc1. The second-order valence-electron chi connectivity index (χ2n) is 5.70. The Kier molecular flexibility index (Phi) is 4.97. The van der Waals surface area contributed by atoms with E-state index in [1.165, 1.54) is 16.7 Å². The largest absolute Gasteiger partial charge is 0.319 e.